The Morgan fingerprint density at radius 2 is 1.60 bits per heavy atom. The van der Waals surface area contributed by atoms with Crippen LogP contribution in [0.3, 0.4) is 0 Å². The molecule has 0 amide bonds. The minimum Gasteiger partial charge on any atom is -0.379 e. The van der Waals surface area contributed by atoms with Crippen LogP contribution in [0.4, 0.5) is 5.69 Å². The van der Waals surface area contributed by atoms with E-state index in [1.165, 1.54) is 0 Å². The van der Waals surface area contributed by atoms with Gasteiger partial charge < -0.3 is 9.64 Å². The van der Waals surface area contributed by atoms with Gasteiger partial charge in [0.05, 0.1) is 18.1 Å². The summed E-state index contributed by atoms with van der Waals surface area (Å²) in [5.74, 6) is 0. The third kappa shape index (κ3) is 5.21. The molecular formula is C23H33N3O3S. The van der Waals surface area contributed by atoms with Gasteiger partial charge in [-0.25, -0.2) is 13.1 Å². The van der Waals surface area contributed by atoms with Gasteiger partial charge in [0.15, 0.2) is 0 Å². The minimum absolute atomic E-state index is 0.0493. The quantitative estimate of drug-likeness (QED) is 0.730. The Morgan fingerprint density at radius 1 is 1.00 bits per heavy atom. The molecule has 1 fully saturated rings. The lowest BCUT2D eigenvalue weighted by atomic mass is 10.0. The van der Waals surface area contributed by atoms with Crippen molar-refractivity contribution in [3.05, 3.63) is 58.7 Å². The molecule has 0 saturated carbocycles. The number of anilines is 1. The van der Waals surface area contributed by atoms with E-state index < -0.39 is 10.0 Å². The first-order chi connectivity index (χ1) is 14.2. The molecule has 0 radical (unpaired) electrons. The van der Waals surface area contributed by atoms with Crippen molar-refractivity contribution in [3.8, 4) is 0 Å². The fourth-order valence-corrected chi connectivity index (χ4v) is 5.18. The second-order valence-corrected chi connectivity index (χ2v) is 9.94. The zero-order chi connectivity index (χ0) is 21.9. The molecule has 30 heavy (non-hydrogen) atoms. The summed E-state index contributed by atoms with van der Waals surface area (Å²) in [6, 6.07) is 12.0. The highest BCUT2D eigenvalue weighted by atomic mass is 32.2. The van der Waals surface area contributed by atoms with Crippen LogP contribution in [-0.2, 0) is 14.8 Å². The van der Waals surface area contributed by atoms with Crippen molar-refractivity contribution in [1.29, 1.82) is 0 Å². The second kappa shape index (κ2) is 9.47. The Kier molecular flexibility index (Phi) is 7.18. The molecule has 0 spiro atoms. The van der Waals surface area contributed by atoms with E-state index in [-0.39, 0.29) is 6.04 Å². The molecule has 1 saturated heterocycles. The largest absolute Gasteiger partial charge is 0.379 e. The molecule has 2 aromatic carbocycles. The molecule has 6 nitrogen and oxygen atoms in total. The highest BCUT2D eigenvalue weighted by Gasteiger charge is 2.26. The van der Waals surface area contributed by atoms with Crippen LogP contribution in [0.2, 0.25) is 0 Å². The number of aryl methyl sites for hydroxylation is 3. The molecule has 2 aromatic rings. The summed E-state index contributed by atoms with van der Waals surface area (Å²) >= 11 is 0. The third-order valence-electron chi connectivity index (χ3n) is 5.83. The van der Waals surface area contributed by atoms with E-state index in [0.717, 1.165) is 41.0 Å². The normalized spacial score (nSPS) is 16.4. The number of benzene rings is 2. The smallest absolute Gasteiger partial charge is 0.240 e. The molecule has 1 aliphatic rings. The Morgan fingerprint density at radius 3 is 2.20 bits per heavy atom. The summed E-state index contributed by atoms with van der Waals surface area (Å²) in [5.41, 5.74) is 5.06. The van der Waals surface area contributed by atoms with Gasteiger partial charge in [-0.2, -0.15) is 0 Å². The summed E-state index contributed by atoms with van der Waals surface area (Å²) in [6.45, 7) is 8.99. The van der Waals surface area contributed by atoms with Gasteiger partial charge in [-0.15, -0.1) is 0 Å². The Balaban J connectivity index is 1.85. The van der Waals surface area contributed by atoms with Gasteiger partial charge in [0.25, 0.3) is 0 Å². The number of sulfonamides is 1. The zero-order valence-electron chi connectivity index (χ0n) is 18.6. The molecule has 1 unspecified atom stereocenters. The highest BCUT2D eigenvalue weighted by molar-refractivity contribution is 7.89. The Bertz CT molecular complexity index is 966. The maximum Gasteiger partial charge on any atom is 0.240 e. The first-order valence-corrected chi connectivity index (χ1v) is 11.8. The predicted octanol–water partition coefficient (Wildman–Crippen LogP) is 3.03. The Labute approximate surface area is 180 Å². The third-order valence-corrected chi connectivity index (χ3v) is 7.39. The highest BCUT2D eigenvalue weighted by Crippen LogP contribution is 2.25. The van der Waals surface area contributed by atoms with Gasteiger partial charge in [0.2, 0.25) is 10.0 Å². The number of nitrogens with zero attached hydrogens (tertiary/aromatic N) is 2. The first kappa shape index (κ1) is 22.7. The molecule has 0 aliphatic carbocycles. The van der Waals surface area contributed by atoms with Crippen LogP contribution in [0.25, 0.3) is 0 Å². The van der Waals surface area contributed by atoms with Gasteiger partial charge in [0.1, 0.15) is 0 Å². The lowest BCUT2D eigenvalue weighted by Gasteiger charge is -2.35. The molecule has 164 valence electrons. The van der Waals surface area contributed by atoms with Gasteiger partial charge in [-0.1, -0.05) is 18.2 Å². The van der Waals surface area contributed by atoms with E-state index in [0.29, 0.717) is 24.7 Å². The van der Waals surface area contributed by atoms with Crippen LogP contribution in [0, 0.1) is 20.8 Å². The van der Waals surface area contributed by atoms with Gasteiger partial charge in [-0.05, 0) is 61.2 Å². The number of hydrogen-bond acceptors (Lipinski definition) is 5. The van der Waals surface area contributed by atoms with E-state index in [1.54, 1.807) is 6.07 Å². The fraction of sp³-hybridized carbons (Fsp3) is 0.478. The topological polar surface area (TPSA) is 61.9 Å². The monoisotopic (exact) mass is 431 g/mol. The van der Waals surface area contributed by atoms with Crippen LogP contribution in [-0.4, -0.2) is 60.3 Å². The maximum atomic E-state index is 13.1. The summed E-state index contributed by atoms with van der Waals surface area (Å²) in [6.07, 6.45) is 0. The lowest BCUT2D eigenvalue weighted by Crippen LogP contribution is -2.43. The van der Waals surface area contributed by atoms with Crippen LogP contribution in [0.1, 0.15) is 28.3 Å². The molecule has 0 aromatic heterocycles. The standard InChI is InChI=1S/C23H33N3O3S/c1-17-14-19(3)23(15-18(17)2)30(27,28)24-16-22(26-10-12-29-13-11-26)20-6-8-21(9-7-20)25(4)5/h6-9,14-15,22,24H,10-13,16H2,1-5H3. The molecular weight excluding hydrogens is 398 g/mol. The van der Waals surface area contributed by atoms with E-state index in [4.69, 9.17) is 4.74 Å². The SMILES string of the molecule is Cc1cc(C)c(S(=O)(=O)NCC(c2ccc(N(C)C)cc2)N2CCOCC2)cc1C. The second-order valence-electron chi connectivity index (χ2n) is 8.20. The minimum atomic E-state index is -3.61. The molecule has 1 N–H and O–H groups in total. The zero-order valence-corrected chi connectivity index (χ0v) is 19.4. The fourth-order valence-electron chi connectivity index (χ4n) is 3.83. The van der Waals surface area contributed by atoms with Crippen molar-refractivity contribution < 1.29 is 13.2 Å². The van der Waals surface area contributed by atoms with E-state index >= 15 is 0 Å². The predicted molar refractivity (Wildman–Crippen MR) is 122 cm³/mol. The molecule has 3 rings (SSSR count). The molecule has 0 bridgehead atoms. The van der Waals surface area contributed by atoms with Gasteiger partial charge in [0, 0.05) is 45.5 Å². The van der Waals surface area contributed by atoms with Crippen molar-refractivity contribution in [2.45, 2.75) is 31.7 Å². The Hall–Kier alpha value is -1.93. The summed E-state index contributed by atoms with van der Waals surface area (Å²) in [5, 5.41) is 0. The van der Waals surface area contributed by atoms with Gasteiger partial charge >= 0.3 is 0 Å². The van der Waals surface area contributed by atoms with Crippen molar-refractivity contribution in [3.63, 3.8) is 0 Å². The van der Waals surface area contributed by atoms with Crippen LogP contribution < -0.4 is 9.62 Å². The molecule has 1 atom stereocenters. The summed E-state index contributed by atoms with van der Waals surface area (Å²) in [4.78, 5) is 4.71. The summed E-state index contributed by atoms with van der Waals surface area (Å²) < 4.78 is 34.6. The van der Waals surface area contributed by atoms with Crippen molar-refractivity contribution in [2.24, 2.45) is 0 Å². The van der Waals surface area contributed by atoms with Crippen LogP contribution in [0.5, 0.6) is 0 Å². The van der Waals surface area contributed by atoms with Gasteiger partial charge in [-0.3, -0.25) is 4.90 Å². The number of ether oxygens (including phenoxy) is 1. The van der Waals surface area contributed by atoms with E-state index in [9.17, 15) is 8.42 Å². The average molecular weight is 432 g/mol. The summed E-state index contributed by atoms with van der Waals surface area (Å²) in [7, 11) is 0.407. The number of rotatable bonds is 7. The van der Waals surface area contributed by atoms with Crippen molar-refractivity contribution in [1.82, 2.24) is 9.62 Å². The van der Waals surface area contributed by atoms with Crippen molar-refractivity contribution in [2.75, 3.05) is 51.8 Å². The first-order valence-electron chi connectivity index (χ1n) is 10.4. The number of morpholine rings is 1. The maximum absolute atomic E-state index is 13.1. The van der Waals surface area contributed by atoms with Crippen LogP contribution >= 0.6 is 0 Å². The number of nitrogens with one attached hydrogen (secondary N) is 1. The molecule has 1 aliphatic heterocycles. The average Bonchev–Trinajstić information content (AvgIpc) is 2.72. The number of hydrogen-bond donors (Lipinski definition) is 1. The van der Waals surface area contributed by atoms with E-state index in [1.807, 2.05) is 40.9 Å². The van der Waals surface area contributed by atoms with E-state index in [2.05, 4.69) is 38.8 Å². The van der Waals surface area contributed by atoms with Crippen LogP contribution in [0.15, 0.2) is 41.3 Å². The molecule has 1 heterocycles. The van der Waals surface area contributed by atoms with Crippen molar-refractivity contribution >= 4 is 15.7 Å². The lowest BCUT2D eigenvalue weighted by molar-refractivity contribution is 0.0172. The molecule has 7 heteroatoms.